The molecule has 0 unspecified atom stereocenters. The third-order valence-corrected chi connectivity index (χ3v) is 0. The fraction of sp³-hybridized carbons (Fsp3) is 0. The monoisotopic (exact) mass is 420 g/mol. The molecule has 0 aromatic rings. The molecular formula is H7BaInSe2. The van der Waals surface area contributed by atoms with E-state index >= 15 is 0 Å². The zero-order chi connectivity index (χ0) is 2.00. The molecule has 0 amide bonds. The second kappa shape index (κ2) is 16.1. The average molecular weight is 417 g/mol. The van der Waals surface area contributed by atoms with Crippen molar-refractivity contribution in [1.29, 1.82) is 0 Å². The molecule has 0 rings (SSSR count). The first-order valence-corrected chi connectivity index (χ1v) is 5.40. The van der Waals surface area contributed by atoms with Crippen LogP contribution in [0.1, 0.15) is 0 Å². The fourth-order valence-electron chi connectivity index (χ4n) is 0. The third-order valence-electron chi connectivity index (χ3n) is 0. The van der Waals surface area contributed by atoms with Gasteiger partial charge >= 0.3 is 103 Å². The zero-order valence-corrected chi connectivity index (χ0v) is 4.65. The summed E-state index contributed by atoms with van der Waals surface area (Å²) in [6.07, 6.45) is 0. The summed E-state index contributed by atoms with van der Waals surface area (Å²) in [7, 11) is 0. The van der Waals surface area contributed by atoms with Gasteiger partial charge in [-0.05, 0) is 0 Å². The van der Waals surface area contributed by atoms with Crippen molar-refractivity contribution in [2.75, 3.05) is 0 Å². The third kappa shape index (κ3) is 9.08. The summed E-state index contributed by atoms with van der Waals surface area (Å²) in [5.74, 6) is 0. The van der Waals surface area contributed by atoms with Gasteiger partial charge in [-0.3, -0.25) is 0 Å². The van der Waals surface area contributed by atoms with Crippen LogP contribution in [0, 0.1) is 0 Å². The summed E-state index contributed by atoms with van der Waals surface area (Å²) >= 11 is 4.50. The van der Waals surface area contributed by atoms with Crippen LogP contribution >= 0.6 is 0 Å². The van der Waals surface area contributed by atoms with Gasteiger partial charge in [-0.2, -0.15) is 0 Å². The van der Waals surface area contributed by atoms with Gasteiger partial charge in [-0.15, -0.1) is 0 Å². The first-order chi connectivity index (χ1) is 1.00. The Kier molecular flexibility index (Phi) is 62.9. The van der Waals surface area contributed by atoms with Crippen LogP contribution in [-0.2, 0) is 0 Å². The van der Waals surface area contributed by atoms with Gasteiger partial charge in [-0.1, -0.05) is 0 Å². The minimum atomic E-state index is 0. The summed E-state index contributed by atoms with van der Waals surface area (Å²) < 4.78 is 0. The van der Waals surface area contributed by atoms with Crippen LogP contribution in [0.25, 0.3) is 0 Å². The molecule has 4 heavy (non-hydrogen) atoms. The van der Waals surface area contributed by atoms with Crippen molar-refractivity contribution in [3.05, 3.63) is 0 Å². The second-order valence-corrected chi connectivity index (χ2v) is 0. The Labute approximate surface area is 100 Å². The molecule has 4 heteroatoms. The van der Waals surface area contributed by atoms with Crippen LogP contribution < -0.4 is 0 Å². The van der Waals surface area contributed by atoms with E-state index in [1.807, 2.05) is 0 Å². The van der Waals surface area contributed by atoms with E-state index in [1.54, 1.807) is 0 Å². The average Bonchev–Trinajstić information content (AvgIpc) is 1.00. The van der Waals surface area contributed by atoms with Crippen LogP contribution in [0.15, 0.2) is 0 Å². The number of hydrogen-bond donors (Lipinski definition) is 0. The molecular weight excluding hydrogens is 410 g/mol. The molecule has 0 aliphatic heterocycles. The van der Waals surface area contributed by atoms with Gasteiger partial charge in [-0.25, -0.2) is 0 Å². The molecule has 0 bridgehead atoms. The molecule has 0 spiro atoms. The molecule has 0 radical (unpaired) electrons. The van der Waals surface area contributed by atoms with Crippen molar-refractivity contribution in [1.82, 2.24) is 0 Å². The molecule has 0 saturated carbocycles. The van der Waals surface area contributed by atoms with Gasteiger partial charge in [0, 0.05) is 0 Å². The summed E-state index contributed by atoms with van der Waals surface area (Å²) in [4.78, 5) is 0. The predicted octanol–water partition coefficient (Wildman–Crippen LogP) is -3.40. The molecule has 24 valence electrons. The molecule has 0 N–H and O–H groups in total. The Bertz CT molecular complexity index is 6.00. The molecule has 0 saturated heterocycles. The summed E-state index contributed by atoms with van der Waals surface area (Å²) in [6.45, 7) is 0. The molecule has 0 nitrogen and oxygen atoms in total. The van der Waals surface area contributed by atoms with E-state index in [0.29, 0.717) is 0 Å². The molecule has 0 fully saturated rings. The molecule has 0 aliphatic carbocycles. The maximum absolute atomic E-state index is 2.25. The summed E-state index contributed by atoms with van der Waals surface area (Å²) in [5.41, 5.74) is 0. The van der Waals surface area contributed by atoms with Gasteiger partial charge in [0.05, 0.1) is 0 Å². The van der Waals surface area contributed by atoms with E-state index in [9.17, 15) is 0 Å². The second-order valence-electron chi connectivity index (χ2n) is 0. The van der Waals surface area contributed by atoms with Crippen LogP contribution in [0.5, 0.6) is 0 Å². The van der Waals surface area contributed by atoms with Crippen molar-refractivity contribution in [2.45, 2.75) is 0 Å². The van der Waals surface area contributed by atoms with Crippen LogP contribution in [0.3, 0.4) is 0 Å². The van der Waals surface area contributed by atoms with Crippen molar-refractivity contribution in [3.8, 4) is 0 Å². The van der Waals surface area contributed by atoms with Gasteiger partial charge in [0.15, 0.2) is 0 Å². The normalized spacial score (nSPS) is 1.50. The van der Waals surface area contributed by atoms with Crippen LogP contribution in [0.4, 0.5) is 0 Å². The van der Waals surface area contributed by atoms with Crippen molar-refractivity contribution in [2.24, 2.45) is 0 Å². The molecule has 0 aromatic carbocycles. The van der Waals surface area contributed by atoms with Crippen molar-refractivity contribution in [3.63, 3.8) is 0 Å². The number of rotatable bonds is 0. The Hall–Kier alpha value is 3.48. The van der Waals surface area contributed by atoms with Gasteiger partial charge in [0.2, 0.25) is 0 Å². The van der Waals surface area contributed by atoms with Crippen molar-refractivity contribution < 1.29 is 0 Å². The molecule has 0 atom stereocenters. The van der Waals surface area contributed by atoms with Gasteiger partial charge < -0.3 is 0 Å². The Morgan fingerprint density at radius 3 is 1.00 bits per heavy atom. The Morgan fingerprint density at radius 1 is 1.00 bits per heavy atom. The predicted molar refractivity (Wildman–Crippen MR) is 32.8 cm³/mol. The SMILES string of the molecule is [BaH2].[InH3].[SeH][SeH]. The first kappa shape index (κ1) is 15.6. The Balaban J connectivity index is -0.00000000500. The maximum atomic E-state index is 2.25. The topological polar surface area (TPSA) is 0 Å². The number of hydrogen-bond acceptors (Lipinski definition) is 0. The van der Waals surface area contributed by atoms with Gasteiger partial charge in [0.1, 0.15) is 0 Å². The van der Waals surface area contributed by atoms with E-state index in [2.05, 4.69) is 28.4 Å². The molecule has 0 aromatic heterocycles. The summed E-state index contributed by atoms with van der Waals surface area (Å²) in [5, 5.41) is 0. The van der Waals surface area contributed by atoms with E-state index in [1.165, 1.54) is 0 Å². The Morgan fingerprint density at radius 2 is 1.00 bits per heavy atom. The fourth-order valence-corrected chi connectivity index (χ4v) is 0. The summed E-state index contributed by atoms with van der Waals surface area (Å²) in [6, 6.07) is 0. The standard InChI is InChI=1S/Ba.In.H2Se2.5H/c;;1-2;;;;;/h;;1-2H;;;;;. The first-order valence-electron chi connectivity index (χ1n) is 0.200. The molecule has 0 aliphatic rings. The van der Waals surface area contributed by atoms with Crippen LogP contribution in [0.2, 0.25) is 0 Å². The van der Waals surface area contributed by atoms with E-state index in [0.717, 1.165) is 0 Å². The quantitative estimate of drug-likeness (QED) is 0.361. The van der Waals surface area contributed by atoms with Crippen molar-refractivity contribution >= 4 is 103 Å². The zero-order valence-electron chi connectivity index (χ0n) is 0.894. The van der Waals surface area contributed by atoms with E-state index in [-0.39, 0.29) is 74.7 Å². The minimum absolute atomic E-state index is 0. The van der Waals surface area contributed by atoms with E-state index < -0.39 is 0 Å². The molecule has 0 heterocycles. The van der Waals surface area contributed by atoms with Crippen LogP contribution in [-0.4, -0.2) is 103 Å². The van der Waals surface area contributed by atoms with E-state index in [4.69, 9.17) is 0 Å². The van der Waals surface area contributed by atoms with Gasteiger partial charge in [0.25, 0.3) is 0 Å².